The van der Waals surface area contributed by atoms with Crippen LogP contribution in [0, 0.1) is 5.92 Å². The lowest BCUT2D eigenvalue weighted by molar-refractivity contribution is -0.137. The van der Waals surface area contributed by atoms with Gasteiger partial charge in [-0.25, -0.2) is 8.78 Å². The largest absolute Gasteiger partial charge is 0.381 e. The van der Waals surface area contributed by atoms with Crippen molar-refractivity contribution in [2.75, 3.05) is 32.8 Å². The number of alkyl halides is 2. The van der Waals surface area contributed by atoms with E-state index in [-0.39, 0.29) is 24.9 Å². The molecule has 0 aromatic carbocycles. The molecular formula is C9H16F2N2O2. The quantitative estimate of drug-likeness (QED) is 0.716. The maximum absolute atomic E-state index is 12.2. The first-order valence-corrected chi connectivity index (χ1v) is 5.00. The second kappa shape index (κ2) is 5.97. The molecule has 0 saturated carbocycles. The lowest BCUT2D eigenvalue weighted by Crippen LogP contribution is -2.42. The number of halogens is 2. The molecular weight excluding hydrogens is 206 g/mol. The molecule has 1 fully saturated rings. The minimum absolute atomic E-state index is 0.180. The lowest BCUT2D eigenvalue weighted by atomic mass is 10.1. The molecule has 0 aromatic heterocycles. The Morgan fingerprint density at radius 2 is 2.33 bits per heavy atom. The number of nitrogens with zero attached hydrogens (tertiary/aromatic N) is 1. The summed E-state index contributed by atoms with van der Waals surface area (Å²) < 4.78 is 29.4. The summed E-state index contributed by atoms with van der Waals surface area (Å²) in [4.78, 5) is 12.9. The fraction of sp³-hybridized carbons (Fsp3) is 0.889. The molecule has 2 N–H and O–H groups in total. The summed E-state index contributed by atoms with van der Waals surface area (Å²) in [6.07, 6.45) is -1.90. The zero-order valence-corrected chi connectivity index (χ0v) is 8.49. The van der Waals surface area contributed by atoms with E-state index in [1.807, 2.05) is 0 Å². The van der Waals surface area contributed by atoms with Crippen LogP contribution in [0.2, 0.25) is 0 Å². The monoisotopic (exact) mass is 222 g/mol. The van der Waals surface area contributed by atoms with Crippen LogP contribution in [0.25, 0.3) is 0 Å². The summed E-state index contributed by atoms with van der Waals surface area (Å²) in [6.45, 7) is 0.711. The topological polar surface area (TPSA) is 55.6 Å². The Morgan fingerprint density at radius 3 is 2.80 bits per heavy atom. The van der Waals surface area contributed by atoms with Crippen LogP contribution in [0.5, 0.6) is 0 Å². The third kappa shape index (κ3) is 3.71. The van der Waals surface area contributed by atoms with Crippen LogP contribution in [-0.2, 0) is 9.53 Å². The zero-order valence-electron chi connectivity index (χ0n) is 8.49. The van der Waals surface area contributed by atoms with E-state index in [4.69, 9.17) is 10.5 Å². The summed E-state index contributed by atoms with van der Waals surface area (Å²) in [5.41, 5.74) is 5.27. The molecule has 0 spiro atoms. The molecule has 1 aliphatic rings. The van der Waals surface area contributed by atoms with Gasteiger partial charge in [0, 0.05) is 19.7 Å². The molecule has 0 aromatic rings. The normalized spacial score (nSPS) is 20.9. The van der Waals surface area contributed by atoms with Crippen LogP contribution < -0.4 is 5.73 Å². The highest BCUT2D eigenvalue weighted by atomic mass is 19.3. The number of nitrogens with two attached hydrogens (primary N) is 1. The van der Waals surface area contributed by atoms with Gasteiger partial charge in [0.25, 0.3) is 6.43 Å². The van der Waals surface area contributed by atoms with Crippen LogP contribution in [0.1, 0.15) is 6.42 Å². The average molecular weight is 222 g/mol. The van der Waals surface area contributed by atoms with E-state index in [0.29, 0.717) is 19.6 Å². The van der Waals surface area contributed by atoms with Crippen molar-refractivity contribution in [3.63, 3.8) is 0 Å². The molecule has 1 heterocycles. The number of rotatable bonds is 5. The standard InChI is InChI=1S/C9H16F2N2O2/c10-8(11)5-13(3-2-12)9(14)7-1-4-15-6-7/h7-8H,1-6,12H2. The molecule has 1 amide bonds. The summed E-state index contributed by atoms with van der Waals surface area (Å²) in [6, 6.07) is 0. The first-order chi connectivity index (χ1) is 7.15. The highest BCUT2D eigenvalue weighted by Crippen LogP contribution is 2.16. The van der Waals surface area contributed by atoms with E-state index >= 15 is 0 Å². The second-order valence-corrected chi connectivity index (χ2v) is 3.52. The Labute approximate surface area is 87.4 Å². The van der Waals surface area contributed by atoms with Gasteiger partial charge >= 0.3 is 0 Å². The fourth-order valence-corrected chi connectivity index (χ4v) is 1.60. The van der Waals surface area contributed by atoms with Gasteiger partial charge in [0.15, 0.2) is 0 Å². The molecule has 1 saturated heterocycles. The number of carbonyl (C=O) groups is 1. The van der Waals surface area contributed by atoms with Gasteiger partial charge in [0.05, 0.1) is 19.1 Å². The molecule has 1 aliphatic heterocycles. The molecule has 6 heteroatoms. The molecule has 4 nitrogen and oxygen atoms in total. The predicted molar refractivity (Wildman–Crippen MR) is 50.6 cm³/mol. The summed E-state index contributed by atoms with van der Waals surface area (Å²) in [7, 11) is 0. The van der Waals surface area contributed by atoms with Gasteiger partial charge in [-0.3, -0.25) is 4.79 Å². The van der Waals surface area contributed by atoms with Gasteiger partial charge < -0.3 is 15.4 Å². The van der Waals surface area contributed by atoms with Crippen molar-refractivity contribution >= 4 is 5.91 Å². The van der Waals surface area contributed by atoms with Crippen LogP contribution in [0.3, 0.4) is 0 Å². The summed E-state index contributed by atoms with van der Waals surface area (Å²) in [5.74, 6) is -0.534. The number of hydrogen-bond acceptors (Lipinski definition) is 3. The molecule has 88 valence electrons. The van der Waals surface area contributed by atoms with E-state index in [9.17, 15) is 13.6 Å². The molecule has 1 atom stereocenters. The minimum Gasteiger partial charge on any atom is -0.381 e. The predicted octanol–water partition coefficient (Wildman–Crippen LogP) is 0.0753. The van der Waals surface area contributed by atoms with Gasteiger partial charge in [-0.15, -0.1) is 0 Å². The molecule has 15 heavy (non-hydrogen) atoms. The van der Waals surface area contributed by atoms with E-state index in [1.54, 1.807) is 0 Å². The average Bonchev–Trinajstić information content (AvgIpc) is 2.68. The van der Waals surface area contributed by atoms with Gasteiger partial charge in [-0.1, -0.05) is 0 Å². The van der Waals surface area contributed by atoms with Crippen molar-refractivity contribution in [1.29, 1.82) is 0 Å². The Kier molecular flexibility index (Phi) is 4.90. The van der Waals surface area contributed by atoms with Crippen LogP contribution in [0.4, 0.5) is 8.78 Å². The molecule has 1 unspecified atom stereocenters. The first-order valence-electron chi connectivity index (χ1n) is 5.00. The number of amides is 1. The Hall–Kier alpha value is -0.750. The highest BCUT2D eigenvalue weighted by molar-refractivity contribution is 5.79. The van der Waals surface area contributed by atoms with Gasteiger partial charge in [0.1, 0.15) is 0 Å². The number of carbonyl (C=O) groups excluding carboxylic acids is 1. The van der Waals surface area contributed by atoms with Gasteiger partial charge in [-0.05, 0) is 6.42 Å². The van der Waals surface area contributed by atoms with Gasteiger partial charge in [0.2, 0.25) is 5.91 Å². The molecule has 1 rings (SSSR count). The number of ether oxygens (including phenoxy) is 1. The van der Waals surface area contributed by atoms with E-state index in [0.717, 1.165) is 4.90 Å². The third-order valence-corrected chi connectivity index (χ3v) is 2.35. The number of hydrogen-bond donors (Lipinski definition) is 1. The van der Waals surface area contributed by atoms with Gasteiger partial charge in [-0.2, -0.15) is 0 Å². The van der Waals surface area contributed by atoms with Crippen molar-refractivity contribution in [3.8, 4) is 0 Å². The lowest BCUT2D eigenvalue weighted by Gasteiger charge is -2.24. The molecule has 0 radical (unpaired) electrons. The maximum Gasteiger partial charge on any atom is 0.255 e. The van der Waals surface area contributed by atoms with Crippen LogP contribution in [0.15, 0.2) is 0 Å². The summed E-state index contributed by atoms with van der Waals surface area (Å²) in [5, 5.41) is 0. The third-order valence-electron chi connectivity index (χ3n) is 2.35. The fourth-order valence-electron chi connectivity index (χ4n) is 1.60. The zero-order chi connectivity index (χ0) is 11.3. The van der Waals surface area contributed by atoms with Crippen molar-refractivity contribution in [3.05, 3.63) is 0 Å². The van der Waals surface area contributed by atoms with E-state index in [1.165, 1.54) is 0 Å². The molecule has 0 aliphatic carbocycles. The minimum atomic E-state index is -2.51. The van der Waals surface area contributed by atoms with Crippen LogP contribution in [-0.4, -0.2) is 50.1 Å². The van der Waals surface area contributed by atoms with Crippen molar-refractivity contribution in [2.45, 2.75) is 12.8 Å². The Bertz CT molecular complexity index is 208. The van der Waals surface area contributed by atoms with Crippen LogP contribution >= 0.6 is 0 Å². The first kappa shape index (κ1) is 12.3. The Morgan fingerprint density at radius 1 is 1.60 bits per heavy atom. The van der Waals surface area contributed by atoms with E-state index < -0.39 is 13.0 Å². The maximum atomic E-state index is 12.2. The molecule has 0 bridgehead atoms. The highest BCUT2D eigenvalue weighted by Gasteiger charge is 2.28. The summed E-state index contributed by atoms with van der Waals surface area (Å²) >= 11 is 0. The SMILES string of the molecule is NCCN(CC(F)F)C(=O)C1CCOC1. The van der Waals surface area contributed by atoms with E-state index in [2.05, 4.69) is 0 Å². The van der Waals surface area contributed by atoms with Crippen molar-refractivity contribution in [1.82, 2.24) is 4.90 Å². The van der Waals surface area contributed by atoms with Crippen molar-refractivity contribution in [2.24, 2.45) is 11.7 Å². The second-order valence-electron chi connectivity index (χ2n) is 3.52. The Balaban J connectivity index is 2.49. The smallest absolute Gasteiger partial charge is 0.255 e. The van der Waals surface area contributed by atoms with Crippen molar-refractivity contribution < 1.29 is 18.3 Å².